The number of aryl methyl sites for hydroxylation is 2. The number of benzene rings is 4. The minimum Gasteiger partial charge on any atom is -0.376 e. The third-order valence-corrected chi connectivity index (χ3v) is 6.12. The van der Waals surface area contributed by atoms with Crippen LogP contribution in [0.25, 0.3) is 11.1 Å². The second-order valence-corrected chi connectivity index (χ2v) is 8.26. The van der Waals surface area contributed by atoms with Crippen LogP contribution in [0.5, 0.6) is 0 Å². The molecule has 0 bridgehead atoms. The third-order valence-electron chi connectivity index (χ3n) is 6.12. The van der Waals surface area contributed by atoms with Crippen LogP contribution in [0.15, 0.2) is 103 Å². The van der Waals surface area contributed by atoms with Gasteiger partial charge in [-0.15, -0.1) is 0 Å². The first-order valence-electron chi connectivity index (χ1n) is 11.5. The van der Waals surface area contributed by atoms with Gasteiger partial charge in [0.25, 0.3) is 0 Å². The molecule has 4 aromatic carbocycles. The lowest BCUT2D eigenvalue weighted by Crippen LogP contribution is -2.26. The number of para-hydroxylation sites is 1. The minimum absolute atomic E-state index is 0.0558. The Hall–Kier alpha value is -3.36. The summed E-state index contributed by atoms with van der Waals surface area (Å²) in [4.78, 5) is 0. The van der Waals surface area contributed by atoms with Gasteiger partial charge in [-0.2, -0.15) is 0 Å². The predicted octanol–water partition coefficient (Wildman–Crippen LogP) is 7.33. The van der Waals surface area contributed by atoms with Crippen molar-refractivity contribution in [3.8, 4) is 11.1 Å². The zero-order chi connectivity index (χ0) is 22.3. The number of anilines is 1. The lowest BCUT2D eigenvalue weighted by Gasteiger charge is -2.28. The van der Waals surface area contributed by atoms with E-state index in [4.69, 9.17) is 5.73 Å². The SMILES string of the molecule is CCc1cc(CC)cc(-c2ccccc2N[C@@H](c2ccccc2)[C@@H](N)c2ccccc2)c1. The lowest BCUT2D eigenvalue weighted by molar-refractivity contribution is 0.610. The molecule has 162 valence electrons. The highest BCUT2D eigenvalue weighted by molar-refractivity contribution is 5.79. The molecule has 0 spiro atoms. The van der Waals surface area contributed by atoms with E-state index in [0.29, 0.717) is 0 Å². The van der Waals surface area contributed by atoms with Crippen LogP contribution >= 0.6 is 0 Å². The molecule has 0 unspecified atom stereocenters. The molecule has 2 nitrogen and oxygen atoms in total. The maximum Gasteiger partial charge on any atom is 0.0706 e. The molecule has 0 aromatic heterocycles. The molecule has 0 heterocycles. The standard InChI is InChI=1S/C30H32N2/c1-3-22-19-23(4-2)21-26(20-22)27-17-11-12-18-28(27)32-30(25-15-9-6-10-16-25)29(31)24-13-7-5-8-14-24/h5-21,29-30,32H,3-4,31H2,1-2H3/t29-,30-/m0/s1. The van der Waals surface area contributed by atoms with Crippen molar-refractivity contribution in [2.45, 2.75) is 38.8 Å². The summed E-state index contributed by atoms with van der Waals surface area (Å²) in [7, 11) is 0. The van der Waals surface area contributed by atoms with Crippen molar-refractivity contribution in [1.82, 2.24) is 0 Å². The number of hydrogen-bond acceptors (Lipinski definition) is 2. The molecule has 0 aliphatic heterocycles. The van der Waals surface area contributed by atoms with Crippen molar-refractivity contribution in [2.24, 2.45) is 5.73 Å². The van der Waals surface area contributed by atoms with Crippen LogP contribution in [0.2, 0.25) is 0 Å². The average molecular weight is 421 g/mol. The fourth-order valence-electron chi connectivity index (χ4n) is 4.26. The summed E-state index contributed by atoms with van der Waals surface area (Å²) in [5.41, 5.74) is 15.4. The minimum atomic E-state index is -0.181. The zero-order valence-electron chi connectivity index (χ0n) is 19.0. The summed E-state index contributed by atoms with van der Waals surface area (Å²) in [5, 5.41) is 3.81. The van der Waals surface area contributed by atoms with Crippen molar-refractivity contribution in [2.75, 3.05) is 5.32 Å². The first-order valence-corrected chi connectivity index (χ1v) is 11.5. The summed E-state index contributed by atoms with van der Waals surface area (Å²) < 4.78 is 0. The van der Waals surface area contributed by atoms with E-state index in [0.717, 1.165) is 24.1 Å². The van der Waals surface area contributed by atoms with Gasteiger partial charge < -0.3 is 11.1 Å². The molecule has 0 aliphatic rings. The molecule has 0 aliphatic carbocycles. The molecule has 4 rings (SSSR count). The van der Waals surface area contributed by atoms with Gasteiger partial charge in [0.15, 0.2) is 0 Å². The van der Waals surface area contributed by atoms with Gasteiger partial charge in [-0.05, 0) is 46.7 Å². The van der Waals surface area contributed by atoms with Crippen LogP contribution in [0.1, 0.15) is 48.2 Å². The van der Waals surface area contributed by atoms with Crippen molar-refractivity contribution in [3.63, 3.8) is 0 Å². The van der Waals surface area contributed by atoms with E-state index in [2.05, 4.69) is 98.0 Å². The Bertz CT molecular complexity index is 1110. The van der Waals surface area contributed by atoms with E-state index in [1.54, 1.807) is 0 Å². The van der Waals surface area contributed by atoms with Crippen LogP contribution in [-0.4, -0.2) is 0 Å². The number of hydrogen-bond donors (Lipinski definition) is 2. The Morgan fingerprint density at radius 1 is 0.656 bits per heavy atom. The number of rotatable bonds is 8. The fraction of sp³-hybridized carbons (Fsp3) is 0.200. The summed E-state index contributed by atoms with van der Waals surface area (Å²) in [6.07, 6.45) is 2.06. The molecule has 0 amide bonds. The van der Waals surface area contributed by atoms with Crippen molar-refractivity contribution < 1.29 is 0 Å². The molecule has 2 heteroatoms. The van der Waals surface area contributed by atoms with Crippen LogP contribution < -0.4 is 11.1 Å². The van der Waals surface area contributed by atoms with Crippen LogP contribution in [0, 0.1) is 0 Å². The molecule has 0 fully saturated rings. The van der Waals surface area contributed by atoms with Crippen LogP contribution in [0.4, 0.5) is 5.69 Å². The van der Waals surface area contributed by atoms with Gasteiger partial charge in [-0.3, -0.25) is 0 Å². The molecule has 32 heavy (non-hydrogen) atoms. The average Bonchev–Trinajstić information content (AvgIpc) is 2.87. The highest BCUT2D eigenvalue weighted by atomic mass is 15.0. The first-order chi connectivity index (χ1) is 15.7. The topological polar surface area (TPSA) is 38.0 Å². The quantitative estimate of drug-likeness (QED) is 0.313. The Morgan fingerprint density at radius 2 is 1.19 bits per heavy atom. The monoisotopic (exact) mass is 420 g/mol. The highest BCUT2D eigenvalue weighted by Crippen LogP contribution is 2.36. The van der Waals surface area contributed by atoms with E-state index >= 15 is 0 Å². The summed E-state index contributed by atoms with van der Waals surface area (Å²) >= 11 is 0. The largest absolute Gasteiger partial charge is 0.376 e. The van der Waals surface area contributed by atoms with Crippen molar-refractivity contribution >= 4 is 5.69 Å². The lowest BCUT2D eigenvalue weighted by atomic mass is 9.92. The van der Waals surface area contributed by atoms with Crippen molar-refractivity contribution in [1.29, 1.82) is 0 Å². The smallest absolute Gasteiger partial charge is 0.0706 e. The Kier molecular flexibility index (Phi) is 7.03. The van der Waals surface area contributed by atoms with E-state index in [1.807, 2.05) is 24.3 Å². The molecule has 2 atom stereocenters. The molecule has 0 saturated carbocycles. The predicted molar refractivity (Wildman–Crippen MR) is 137 cm³/mol. The highest BCUT2D eigenvalue weighted by Gasteiger charge is 2.22. The van der Waals surface area contributed by atoms with Gasteiger partial charge in [0.2, 0.25) is 0 Å². The maximum absolute atomic E-state index is 6.84. The molecular weight excluding hydrogens is 388 g/mol. The molecule has 4 aromatic rings. The van der Waals surface area contributed by atoms with Gasteiger partial charge in [0.05, 0.1) is 12.1 Å². The van der Waals surface area contributed by atoms with Crippen LogP contribution in [0.3, 0.4) is 0 Å². The second-order valence-electron chi connectivity index (χ2n) is 8.26. The maximum atomic E-state index is 6.84. The Labute approximate surface area is 192 Å². The number of nitrogens with one attached hydrogen (secondary N) is 1. The van der Waals surface area contributed by atoms with E-state index < -0.39 is 0 Å². The summed E-state index contributed by atoms with van der Waals surface area (Å²) in [6.45, 7) is 4.43. The Balaban J connectivity index is 1.76. The van der Waals surface area contributed by atoms with E-state index in [-0.39, 0.29) is 12.1 Å². The second kappa shape index (κ2) is 10.3. The molecule has 0 saturated heterocycles. The molecule has 3 N–H and O–H groups in total. The fourth-order valence-corrected chi connectivity index (χ4v) is 4.26. The van der Waals surface area contributed by atoms with Gasteiger partial charge in [0, 0.05) is 11.3 Å². The van der Waals surface area contributed by atoms with Gasteiger partial charge in [-0.25, -0.2) is 0 Å². The molecular formula is C30H32N2. The number of nitrogens with two attached hydrogens (primary N) is 1. The molecule has 0 radical (unpaired) electrons. The van der Waals surface area contributed by atoms with Crippen LogP contribution in [-0.2, 0) is 12.8 Å². The van der Waals surface area contributed by atoms with Gasteiger partial charge in [0.1, 0.15) is 0 Å². The van der Waals surface area contributed by atoms with Gasteiger partial charge >= 0.3 is 0 Å². The summed E-state index contributed by atoms with van der Waals surface area (Å²) in [6, 6.07) is 36.1. The van der Waals surface area contributed by atoms with Crippen molar-refractivity contribution in [3.05, 3.63) is 125 Å². The Morgan fingerprint density at radius 3 is 1.78 bits per heavy atom. The summed E-state index contributed by atoms with van der Waals surface area (Å²) in [5.74, 6) is 0. The zero-order valence-corrected chi connectivity index (χ0v) is 19.0. The van der Waals surface area contributed by atoms with E-state index in [9.17, 15) is 0 Å². The first kappa shape index (κ1) is 21.9. The third kappa shape index (κ3) is 4.92. The normalized spacial score (nSPS) is 12.8. The van der Waals surface area contributed by atoms with E-state index in [1.165, 1.54) is 27.8 Å². The van der Waals surface area contributed by atoms with Gasteiger partial charge in [-0.1, -0.05) is 111 Å².